The first-order valence-electron chi connectivity index (χ1n) is 10.3. The second kappa shape index (κ2) is 8.27. The fourth-order valence-corrected chi connectivity index (χ4v) is 6.27. The fraction of sp³-hybridized carbons (Fsp3) is 0.667. The Balaban J connectivity index is 1.63. The highest BCUT2D eigenvalue weighted by molar-refractivity contribution is 7.89. The van der Waals surface area contributed by atoms with Gasteiger partial charge < -0.3 is 9.64 Å². The van der Waals surface area contributed by atoms with Crippen molar-refractivity contribution in [2.45, 2.75) is 46.2 Å². The number of hydrogen-bond donors (Lipinski definition) is 0. The minimum absolute atomic E-state index is 0.0515. The maximum atomic E-state index is 13.2. The van der Waals surface area contributed by atoms with Gasteiger partial charge in [-0.25, -0.2) is 12.7 Å². The number of sulfonamides is 1. The van der Waals surface area contributed by atoms with E-state index in [0.29, 0.717) is 44.6 Å². The third kappa shape index (κ3) is 5.71. The molecule has 0 aromatic heterocycles. The Morgan fingerprint density at radius 2 is 1.55 bits per heavy atom. The minimum Gasteiger partial charge on any atom is -0.484 e. The molecule has 0 aliphatic carbocycles. The molecular formula is C21H29F3N2O4S. The standard InChI is InChI=1S/C21H29F3N2O4S/c1-19(2,3)15-31(28,29)25-11-8-20(9-12-25)10-13-26(18(20)27)16-4-6-17(7-5-16)30-14-21(22,23)24/h4-7H,8-15H2,1-3H3. The molecule has 0 N–H and O–H groups in total. The van der Waals surface area contributed by atoms with E-state index in [1.165, 1.54) is 16.4 Å². The maximum Gasteiger partial charge on any atom is 0.422 e. The molecule has 10 heteroatoms. The van der Waals surface area contributed by atoms with E-state index in [1.54, 1.807) is 17.0 Å². The van der Waals surface area contributed by atoms with Crippen molar-refractivity contribution in [1.29, 1.82) is 0 Å². The van der Waals surface area contributed by atoms with Crippen LogP contribution in [0.2, 0.25) is 0 Å². The van der Waals surface area contributed by atoms with Gasteiger partial charge in [-0.2, -0.15) is 13.2 Å². The van der Waals surface area contributed by atoms with Crippen LogP contribution in [0.4, 0.5) is 18.9 Å². The molecule has 31 heavy (non-hydrogen) atoms. The Hall–Kier alpha value is -1.81. The average molecular weight is 463 g/mol. The first-order valence-corrected chi connectivity index (χ1v) is 11.9. The van der Waals surface area contributed by atoms with Gasteiger partial charge in [0.1, 0.15) is 5.75 Å². The van der Waals surface area contributed by atoms with E-state index in [9.17, 15) is 26.4 Å². The largest absolute Gasteiger partial charge is 0.484 e. The van der Waals surface area contributed by atoms with Gasteiger partial charge in [0.15, 0.2) is 6.61 Å². The molecule has 0 saturated carbocycles. The number of hydrogen-bond acceptors (Lipinski definition) is 4. The second-order valence-electron chi connectivity index (χ2n) is 9.60. The van der Waals surface area contributed by atoms with Gasteiger partial charge in [0.05, 0.1) is 11.2 Å². The number of anilines is 1. The van der Waals surface area contributed by atoms with Crippen molar-refractivity contribution in [3.63, 3.8) is 0 Å². The summed E-state index contributed by atoms with van der Waals surface area (Å²) in [5, 5.41) is 0. The Morgan fingerprint density at radius 1 is 1.00 bits per heavy atom. The van der Waals surface area contributed by atoms with E-state index in [-0.39, 0.29) is 22.8 Å². The molecule has 0 bridgehead atoms. The molecule has 2 heterocycles. The van der Waals surface area contributed by atoms with Crippen LogP contribution in [0.5, 0.6) is 5.75 Å². The summed E-state index contributed by atoms with van der Waals surface area (Å²) in [4.78, 5) is 14.8. The van der Waals surface area contributed by atoms with Crippen LogP contribution in [-0.4, -0.2) is 56.8 Å². The van der Waals surface area contributed by atoms with Gasteiger partial charge in [0, 0.05) is 25.3 Å². The Bertz CT molecular complexity index is 900. The van der Waals surface area contributed by atoms with Crippen LogP contribution in [-0.2, 0) is 14.8 Å². The summed E-state index contributed by atoms with van der Waals surface area (Å²) >= 11 is 0. The first-order chi connectivity index (χ1) is 14.2. The molecule has 1 aromatic carbocycles. The lowest BCUT2D eigenvalue weighted by Gasteiger charge is -2.38. The van der Waals surface area contributed by atoms with E-state index >= 15 is 0 Å². The molecule has 3 rings (SSSR count). The molecule has 0 atom stereocenters. The third-order valence-corrected chi connectivity index (χ3v) is 8.13. The number of nitrogens with zero attached hydrogens (tertiary/aromatic N) is 2. The number of carbonyl (C=O) groups is 1. The second-order valence-corrected chi connectivity index (χ2v) is 11.6. The molecule has 6 nitrogen and oxygen atoms in total. The van der Waals surface area contributed by atoms with E-state index in [0.717, 1.165) is 0 Å². The van der Waals surface area contributed by atoms with E-state index in [2.05, 4.69) is 0 Å². The number of amides is 1. The van der Waals surface area contributed by atoms with Gasteiger partial charge in [-0.3, -0.25) is 4.79 Å². The van der Waals surface area contributed by atoms with Crippen LogP contribution >= 0.6 is 0 Å². The average Bonchev–Trinajstić information content (AvgIpc) is 2.95. The molecular weight excluding hydrogens is 433 g/mol. The highest BCUT2D eigenvalue weighted by Gasteiger charge is 2.49. The summed E-state index contributed by atoms with van der Waals surface area (Å²) in [7, 11) is -3.38. The van der Waals surface area contributed by atoms with Crippen molar-refractivity contribution in [3.05, 3.63) is 24.3 Å². The lowest BCUT2D eigenvalue weighted by Crippen LogP contribution is -2.48. The first kappa shape index (κ1) is 23.8. The van der Waals surface area contributed by atoms with Crippen molar-refractivity contribution < 1.29 is 31.1 Å². The number of benzene rings is 1. The van der Waals surface area contributed by atoms with Crippen LogP contribution < -0.4 is 9.64 Å². The fourth-order valence-electron chi connectivity index (χ4n) is 4.25. The van der Waals surface area contributed by atoms with Gasteiger partial charge in [0.2, 0.25) is 15.9 Å². The zero-order valence-electron chi connectivity index (χ0n) is 18.0. The van der Waals surface area contributed by atoms with Crippen molar-refractivity contribution in [2.75, 3.05) is 36.9 Å². The molecule has 2 aliphatic heterocycles. The van der Waals surface area contributed by atoms with Crippen LogP contribution in [0.3, 0.4) is 0 Å². The van der Waals surface area contributed by atoms with Gasteiger partial charge in [0.25, 0.3) is 0 Å². The third-order valence-electron chi connectivity index (χ3n) is 5.75. The van der Waals surface area contributed by atoms with Gasteiger partial charge in [-0.1, -0.05) is 20.8 Å². The topological polar surface area (TPSA) is 66.9 Å². The normalized spacial score (nSPS) is 20.5. The molecule has 0 unspecified atom stereocenters. The molecule has 2 aliphatic rings. The minimum atomic E-state index is -4.41. The Kier molecular flexibility index (Phi) is 6.36. The lowest BCUT2D eigenvalue weighted by atomic mass is 9.77. The number of alkyl halides is 3. The molecule has 0 radical (unpaired) electrons. The van der Waals surface area contributed by atoms with Crippen LogP contribution in [0.15, 0.2) is 24.3 Å². The highest BCUT2D eigenvalue weighted by Crippen LogP contribution is 2.44. The van der Waals surface area contributed by atoms with Gasteiger partial charge >= 0.3 is 6.18 Å². The molecule has 1 spiro atoms. The van der Waals surface area contributed by atoms with Gasteiger partial charge in [-0.15, -0.1) is 0 Å². The summed E-state index contributed by atoms with van der Waals surface area (Å²) in [6.45, 7) is 5.42. The molecule has 1 amide bonds. The highest BCUT2D eigenvalue weighted by atomic mass is 32.2. The van der Waals surface area contributed by atoms with Crippen molar-refractivity contribution in [1.82, 2.24) is 4.31 Å². The van der Waals surface area contributed by atoms with Crippen LogP contribution in [0, 0.1) is 10.8 Å². The predicted octanol–water partition coefficient (Wildman–Crippen LogP) is 3.82. The summed E-state index contributed by atoms with van der Waals surface area (Å²) in [6.07, 6.45) is -2.84. The number of rotatable bonds is 5. The van der Waals surface area contributed by atoms with Crippen molar-refractivity contribution >= 4 is 21.6 Å². The SMILES string of the molecule is CC(C)(C)CS(=O)(=O)N1CCC2(CCN(c3ccc(OCC(F)(F)F)cc3)C2=O)CC1. The predicted molar refractivity (Wildman–Crippen MR) is 111 cm³/mol. The number of ether oxygens (including phenoxy) is 1. The van der Waals surface area contributed by atoms with E-state index in [1.807, 2.05) is 20.8 Å². The Morgan fingerprint density at radius 3 is 2.06 bits per heavy atom. The monoisotopic (exact) mass is 462 g/mol. The molecule has 174 valence electrons. The smallest absolute Gasteiger partial charge is 0.422 e. The molecule has 1 aromatic rings. The number of carbonyl (C=O) groups excluding carboxylic acids is 1. The maximum absolute atomic E-state index is 13.2. The van der Waals surface area contributed by atoms with Crippen molar-refractivity contribution in [3.8, 4) is 5.75 Å². The lowest BCUT2D eigenvalue weighted by molar-refractivity contribution is -0.153. The summed E-state index contributed by atoms with van der Waals surface area (Å²) in [5.41, 5.74) is -0.327. The van der Waals surface area contributed by atoms with E-state index in [4.69, 9.17) is 4.74 Å². The van der Waals surface area contributed by atoms with Crippen molar-refractivity contribution in [2.24, 2.45) is 10.8 Å². The quantitative estimate of drug-likeness (QED) is 0.667. The number of piperidine rings is 1. The summed E-state index contributed by atoms with van der Waals surface area (Å²) in [6, 6.07) is 5.99. The van der Waals surface area contributed by atoms with Crippen LogP contribution in [0.25, 0.3) is 0 Å². The number of halogens is 3. The summed E-state index contributed by atoms with van der Waals surface area (Å²) < 4.78 is 68.4. The summed E-state index contributed by atoms with van der Waals surface area (Å²) in [5.74, 6) is 0.0969. The molecule has 2 fully saturated rings. The van der Waals surface area contributed by atoms with E-state index < -0.39 is 28.2 Å². The Labute approximate surface area is 181 Å². The van der Waals surface area contributed by atoms with Gasteiger partial charge in [-0.05, 0) is 48.9 Å². The zero-order valence-corrected chi connectivity index (χ0v) is 18.9. The zero-order chi connectivity index (χ0) is 23.1. The molecule has 2 saturated heterocycles. The van der Waals surface area contributed by atoms with Crippen LogP contribution in [0.1, 0.15) is 40.0 Å².